The third kappa shape index (κ3) is 5.71. The van der Waals surface area contributed by atoms with Crippen LogP contribution in [0.15, 0.2) is 53.0 Å². The SMILES string of the molecule is CCCOc1ccc(-c2cc(OCCN(CC)CC)c3cc(Br)ccc3n2)cc1. The number of nitrogens with zero attached hydrogens (tertiary/aromatic N) is 2. The summed E-state index contributed by atoms with van der Waals surface area (Å²) in [6, 6.07) is 16.3. The van der Waals surface area contributed by atoms with Crippen molar-refractivity contribution in [3.8, 4) is 22.8 Å². The second kappa shape index (κ2) is 10.6. The Balaban J connectivity index is 1.89. The zero-order valence-electron chi connectivity index (χ0n) is 17.5. The first-order chi connectivity index (χ1) is 14.1. The van der Waals surface area contributed by atoms with Crippen molar-refractivity contribution in [2.24, 2.45) is 0 Å². The van der Waals surface area contributed by atoms with E-state index in [0.717, 1.165) is 70.8 Å². The Kier molecular flexibility index (Phi) is 7.90. The second-order valence-electron chi connectivity index (χ2n) is 6.92. The Hall–Kier alpha value is -2.11. The van der Waals surface area contributed by atoms with E-state index in [-0.39, 0.29) is 0 Å². The number of halogens is 1. The quantitative estimate of drug-likeness (QED) is 0.365. The zero-order chi connectivity index (χ0) is 20.6. The summed E-state index contributed by atoms with van der Waals surface area (Å²) >= 11 is 3.57. The van der Waals surface area contributed by atoms with Crippen LogP contribution in [0.4, 0.5) is 0 Å². The number of fused-ring (bicyclic) bond motifs is 1. The molecular weight excluding hydrogens is 428 g/mol. The second-order valence-corrected chi connectivity index (χ2v) is 7.83. The summed E-state index contributed by atoms with van der Waals surface area (Å²) in [6.45, 7) is 10.8. The average molecular weight is 457 g/mol. The molecule has 0 aliphatic heterocycles. The van der Waals surface area contributed by atoms with E-state index >= 15 is 0 Å². The molecule has 2 aromatic carbocycles. The van der Waals surface area contributed by atoms with Crippen molar-refractivity contribution in [2.75, 3.05) is 32.8 Å². The minimum absolute atomic E-state index is 0.649. The Labute approximate surface area is 182 Å². The van der Waals surface area contributed by atoms with Gasteiger partial charge < -0.3 is 14.4 Å². The lowest BCUT2D eigenvalue weighted by Crippen LogP contribution is -2.27. The fourth-order valence-electron chi connectivity index (χ4n) is 3.20. The molecule has 0 spiro atoms. The van der Waals surface area contributed by atoms with Gasteiger partial charge in [0.15, 0.2) is 0 Å². The summed E-state index contributed by atoms with van der Waals surface area (Å²) in [5.74, 6) is 1.75. The van der Waals surface area contributed by atoms with E-state index in [0.29, 0.717) is 6.61 Å². The molecule has 0 saturated carbocycles. The van der Waals surface area contributed by atoms with Crippen molar-refractivity contribution in [1.29, 1.82) is 0 Å². The molecule has 0 saturated heterocycles. The monoisotopic (exact) mass is 456 g/mol. The Morgan fingerprint density at radius 1 is 0.897 bits per heavy atom. The van der Waals surface area contributed by atoms with E-state index < -0.39 is 0 Å². The normalized spacial score (nSPS) is 11.2. The molecule has 0 radical (unpaired) electrons. The van der Waals surface area contributed by atoms with Crippen LogP contribution in [-0.4, -0.2) is 42.7 Å². The molecule has 3 aromatic rings. The van der Waals surface area contributed by atoms with Gasteiger partial charge in [-0.15, -0.1) is 0 Å². The molecular formula is C24H29BrN2O2. The number of benzene rings is 2. The molecule has 0 bridgehead atoms. The van der Waals surface area contributed by atoms with Crippen LogP contribution in [-0.2, 0) is 0 Å². The van der Waals surface area contributed by atoms with E-state index in [1.165, 1.54) is 0 Å². The smallest absolute Gasteiger partial charge is 0.130 e. The minimum atomic E-state index is 0.649. The standard InChI is InChI=1S/C24H29BrN2O2/c1-4-14-28-20-10-7-18(8-11-20)23-17-24(29-15-13-27(5-2)6-3)21-16-19(25)9-12-22(21)26-23/h7-12,16-17H,4-6,13-15H2,1-3H3. The Bertz CT molecular complexity index is 924. The summed E-state index contributed by atoms with van der Waals surface area (Å²) in [6.07, 6.45) is 0.998. The first kappa shape index (κ1) is 21.6. The lowest BCUT2D eigenvalue weighted by atomic mass is 10.1. The molecule has 0 amide bonds. The number of ether oxygens (including phenoxy) is 2. The molecule has 0 N–H and O–H groups in total. The number of pyridine rings is 1. The van der Waals surface area contributed by atoms with Gasteiger partial charge in [0.2, 0.25) is 0 Å². The summed E-state index contributed by atoms with van der Waals surface area (Å²) in [5.41, 5.74) is 2.88. The van der Waals surface area contributed by atoms with E-state index in [4.69, 9.17) is 14.5 Å². The van der Waals surface area contributed by atoms with Crippen LogP contribution in [0.5, 0.6) is 11.5 Å². The van der Waals surface area contributed by atoms with Crippen LogP contribution in [0, 0.1) is 0 Å². The fraction of sp³-hybridized carbons (Fsp3) is 0.375. The van der Waals surface area contributed by atoms with Crippen LogP contribution in [0.2, 0.25) is 0 Å². The molecule has 0 fully saturated rings. The first-order valence-corrected chi connectivity index (χ1v) is 11.1. The van der Waals surface area contributed by atoms with Gasteiger partial charge in [-0.1, -0.05) is 36.7 Å². The van der Waals surface area contributed by atoms with Gasteiger partial charge in [-0.2, -0.15) is 0 Å². The number of hydrogen-bond acceptors (Lipinski definition) is 4. The lowest BCUT2D eigenvalue weighted by Gasteiger charge is -2.19. The predicted molar refractivity (Wildman–Crippen MR) is 124 cm³/mol. The zero-order valence-corrected chi connectivity index (χ0v) is 19.0. The third-order valence-corrected chi connectivity index (χ3v) is 5.41. The highest BCUT2D eigenvalue weighted by Crippen LogP contribution is 2.32. The largest absolute Gasteiger partial charge is 0.494 e. The van der Waals surface area contributed by atoms with Crippen molar-refractivity contribution < 1.29 is 9.47 Å². The van der Waals surface area contributed by atoms with E-state index in [2.05, 4.69) is 59.8 Å². The van der Waals surface area contributed by atoms with Gasteiger partial charge in [0.05, 0.1) is 17.8 Å². The number of aromatic nitrogens is 1. The predicted octanol–water partition coefficient (Wildman–Crippen LogP) is 6.17. The summed E-state index contributed by atoms with van der Waals surface area (Å²) < 4.78 is 12.9. The van der Waals surface area contributed by atoms with Crippen molar-refractivity contribution >= 4 is 26.8 Å². The molecule has 3 rings (SSSR count). The molecule has 29 heavy (non-hydrogen) atoms. The maximum absolute atomic E-state index is 6.22. The summed E-state index contributed by atoms with van der Waals surface area (Å²) in [7, 11) is 0. The Morgan fingerprint density at radius 2 is 1.66 bits per heavy atom. The van der Waals surface area contributed by atoms with Crippen LogP contribution >= 0.6 is 15.9 Å². The van der Waals surface area contributed by atoms with Gasteiger partial charge in [0.1, 0.15) is 18.1 Å². The highest BCUT2D eigenvalue weighted by atomic mass is 79.9. The van der Waals surface area contributed by atoms with Gasteiger partial charge in [0, 0.05) is 28.0 Å². The third-order valence-electron chi connectivity index (χ3n) is 4.92. The van der Waals surface area contributed by atoms with Crippen LogP contribution < -0.4 is 9.47 Å². The minimum Gasteiger partial charge on any atom is -0.494 e. The molecule has 0 aliphatic carbocycles. The van der Waals surface area contributed by atoms with Crippen molar-refractivity contribution in [1.82, 2.24) is 9.88 Å². The summed E-state index contributed by atoms with van der Waals surface area (Å²) in [5, 5.41) is 1.02. The van der Waals surface area contributed by atoms with Crippen molar-refractivity contribution in [2.45, 2.75) is 27.2 Å². The molecule has 0 atom stereocenters. The van der Waals surface area contributed by atoms with Gasteiger partial charge in [-0.25, -0.2) is 4.98 Å². The van der Waals surface area contributed by atoms with Crippen molar-refractivity contribution in [3.05, 3.63) is 53.0 Å². The highest BCUT2D eigenvalue weighted by Gasteiger charge is 2.10. The molecule has 0 aliphatic rings. The first-order valence-electron chi connectivity index (χ1n) is 10.3. The van der Waals surface area contributed by atoms with Crippen LogP contribution in [0.25, 0.3) is 22.2 Å². The fourth-order valence-corrected chi connectivity index (χ4v) is 3.56. The van der Waals surface area contributed by atoms with E-state index in [1.54, 1.807) is 0 Å². The maximum atomic E-state index is 6.22. The number of rotatable bonds is 10. The van der Waals surface area contributed by atoms with E-state index in [1.807, 2.05) is 30.3 Å². The van der Waals surface area contributed by atoms with Gasteiger partial charge in [0.25, 0.3) is 0 Å². The molecule has 5 heteroatoms. The average Bonchev–Trinajstić information content (AvgIpc) is 2.75. The molecule has 154 valence electrons. The molecule has 1 heterocycles. The van der Waals surface area contributed by atoms with Crippen molar-refractivity contribution in [3.63, 3.8) is 0 Å². The lowest BCUT2D eigenvalue weighted by molar-refractivity contribution is 0.224. The van der Waals surface area contributed by atoms with Gasteiger partial charge in [-0.05, 0) is 62.0 Å². The highest BCUT2D eigenvalue weighted by molar-refractivity contribution is 9.10. The number of likely N-dealkylation sites (N-methyl/N-ethyl adjacent to an activating group) is 1. The van der Waals surface area contributed by atoms with Gasteiger partial charge >= 0.3 is 0 Å². The van der Waals surface area contributed by atoms with E-state index in [9.17, 15) is 0 Å². The number of hydrogen-bond donors (Lipinski definition) is 0. The Morgan fingerprint density at radius 3 is 2.34 bits per heavy atom. The maximum Gasteiger partial charge on any atom is 0.130 e. The van der Waals surface area contributed by atoms with Crippen LogP contribution in [0.3, 0.4) is 0 Å². The molecule has 4 nitrogen and oxygen atoms in total. The van der Waals surface area contributed by atoms with Crippen LogP contribution in [0.1, 0.15) is 27.2 Å². The molecule has 1 aromatic heterocycles. The molecule has 0 unspecified atom stereocenters. The topological polar surface area (TPSA) is 34.6 Å². The van der Waals surface area contributed by atoms with Gasteiger partial charge in [-0.3, -0.25) is 0 Å². The summed E-state index contributed by atoms with van der Waals surface area (Å²) in [4.78, 5) is 7.22.